The fraction of sp³-hybridized carbons (Fsp3) is 0. The topological polar surface area (TPSA) is 118 Å². The molecule has 33 heavy (non-hydrogen) atoms. The number of hydrogen-bond acceptors (Lipinski definition) is 6. The molecule has 4 rings (SSSR count). The number of rotatable bonds is 6. The Labute approximate surface area is 193 Å². The third-order valence-electron chi connectivity index (χ3n) is 4.58. The minimum absolute atomic E-state index is 0.126. The zero-order valence-electron chi connectivity index (χ0n) is 16.9. The minimum Gasteiger partial charge on any atom is -0.463 e. The van der Waals surface area contributed by atoms with Crippen LogP contribution >= 0.6 is 11.6 Å². The number of nitrogens with one attached hydrogen (secondary N) is 2. The van der Waals surface area contributed by atoms with E-state index in [0.717, 1.165) is 0 Å². The fourth-order valence-electron chi connectivity index (χ4n) is 2.94. The highest BCUT2D eigenvalue weighted by Crippen LogP contribution is 2.17. The normalized spacial score (nSPS) is 11.5. The molecule has 1 amide bonds. The van der Waals surface area contributed by atoms with Crippen molar-refractivity contribution in [1.29, 1.82) is 0 Å². The summed E-state index contributed by atoms with van der Waals surface area (Å²) in [4.78, 5) is 24.9. The van der Waals surface area contributed by atoms with E-state index >= 15 is 0 Å². The summed E-state index contributed by atoms with van der Waals surface area (Å²) in [5.41, 5.74) is 3.03. The Bertz CT molecular complexity index is 1520. The molecule has 0 saturated carbocycles. The molecule has 1 aromatic heterocycles. The van der Waals surface area contributed by atoms with Crippen LogP contribution in [0.15, 0.2) is 98.3 Å². The van der Waals surface area contributed by atoms with Gasteiger partial charge in [0.15, 0.2) is 0 Å². The van der Waals surface area contributed by atoms with Crippen molar-refractivity contribution < 1.29 is 17.6 Å². The highest BCUT2D eigenvalue weighted by Gasteiger charge is 2.14. The van der Waals surface area contributed by atoms with Crippen LogP contribution < -0.4 is 15.6 Å². The van der Waals surface area contributed by atoms with Gasteiger partial charge in [0, 0.05) is 16.3 Å². The fourth-order valence-corrected chi connectivity index (χ4v) is 4.19. The third kappa shape index (κ3) is 5.11. The molecule has 0 saturated heterocycles. The van der Waals surface area contributed by atoms with Gasteiger partial charge in [0.05, 0.1) is 22.1 Å². The third-order valence-corrected chi connectivity index (χ3v) is 6.22. The van der Waals surface area contributed by atoms with Crippen molar-refractivity contribution in [2.45, 2.75) is 4.90 Å². The van der Waals surface area contributed by atoms with Crippen LogP contribution in [0.1, 0.15) is 15.9 Å². The maximum Gasteiger partial charge on any atom is 0.271 e. The minimum atomic E-state index is -3.73. The number of carbonyl (C=O) groups is 1. The maximum atomic E-state index is 12.5. The smallest absolute Gasteiger partial charge is 0.271 e. The van der Waals surface area contributed by atoms with E-state index in [1.807, 2.05) is 0 Å². The molecule has 3 aromatic carbocycles. The number of amides is 1. The first-order valence-electron chi connectivity index (χ1n) is 9.56. The molecule has 0 aliphatic heterocycles. The van der Waals surface area contributed by atoms with Crippen LogP contribution in [-0.2, 0) is 10.0 Å². The van der Waals surface area contributed by atoms with E-state index in [4.69, 9.17) is 16.0 Å². The molecule has 2 N–H and O–H groups in total. The van der Waals surface area contributed by atoms with Crippen LogP contribution in [0.2, 0.25) is 5.02 Å². The number of anilines is 1. The van der Waals surface area contributed by atoms with Crippen molar-refractivity contribution in [3.8, 4) is 0 Å². The summed E-state index contributed by atoms with van der Waals surface area (Å²) >= 11 is 5.93. The standard InChI is InChI=1S/C23H16ClN3O5S/c24-17-8-11-21-20(12-17)22(28)16(14-32-21)13-25-26-23(29)15-6-9-18(10-7-15)27-33(30,31)19-4-2-1-3-5-19/h1-14,27H,(H,26,29)/b25-13-. The van der Waals surface area contributed by atoms with Gasteiger partial charge in [-0.3, -0.25) is 14.3 Å². The highest BCUT2D eigenvalue weighted by atomic mass is 35.5. The van der Waals surface area contributed by atoms with Gasteiger partial charge in [0.2, 0.25) is 5.43 Å². The van der Waals surface area contributed by atoms with Crippen LogP contribution in [0.25, 0.3) is 11.0 Å². The molecule has 166 valence electrons. The van der Waals surface area contributed by atoms with Gasteiger partial charge in [-0.15, -0.1) is 0 Å². The van der Waals surface area contributed by atoms with E-state index < -0.39 is 15.9 Å². The van der Waals surface area contributed by atoms with Crippen molar-refractivity contribution >= 4 is 50.4 Å². The predicted octanol–water partition coefficient (Wildman–Crippen LogP) is 4.01. The van der Waals surface area contributed by atoms with Crippen LogP contribution in [0.5, 0.6) is 0 Å². The second-order valence-electron chi connectivity index (χ2n) is 6.86. The summed E-state index contributed by atoms with van der Waals surface area (Å²) in [7, 11) is -3.73. The first-order valence-corrected chi connectivity index (χ1v) is 11.4. The zero-order chi connectivity index (χ0) is 23.4. The number of nitrogens with zero attached hydrogens (tertiary/aromatic N) is 1. The van der Waals surface area contributed by atoms with E-state index in [0.29, 0.717) is 21.7 Å². The van der Waals surface area contributed by atoms with E-state index in [-0.39, 0.29) is 21.5 Å². The second kappa shape index (κ2) is 9.27. The summed E-state index contributed by atoms with van der Waals surface area (Å²) in [5.74, 6) is -0.545. The van der Waals surface area contributed by atoms with Gasteiger partial charge in [-0.1, -0.05) is 29.8 Å². The number of benzene rings is 3. The number of hydrazone groups is 1. The van der Waals surface area contributed by atoms with Crippen LogP contribution in [0.4, 0.5) is 5.69 Å². The molecule has 0 bridgehead atoms. The zero-order valence-corrected chi connectivity index (χ0v) is 18.4. The van der Waals surface area contributed by atoms with E-state index in [9.17, 15) is 18.0 Å². The SMILES string of the molecule is O=C(N/N=C\c1coc2ccc(Cl)cc2c1=O)c1ccc(NS(=O)(=O)c2ccccc2)cc1. The Morgan fingerprint density at radius 3 is 2.45 bits per heavy atom. The average molecular weight is 482 g/mol. The number of carbonyl (C=O) groups excluding carboxylic acids is 1. The van der Waals surface area contributed by atoms with Gasteiger partial charge < -0.3 is 4.42 Å². The molecular formula is C23H16ClN3O5S. The number of hydrogen-bond donors (Lipinski definition) is 2. The molecule has 1 heterocycles. The summed E-state index contributed by atoms with van der Waals surface area (Å²) in [6.07, 6.45) is 2.41. The lowest BCUT2D eigenvalue weighted by molar-refractivity contribution is 0.0955. The van der Waals surface area contributed by atoms with Crippen molar-refractivity contribution in [3.63, 3.8) is 0 Å². The van der Waals surface area contributed by atoms with Crippen molar-refractivity contribution in [2.24, 2.45) is 5.10 Å². The van der Waals surface area contributed by atoms with Crippen molar-refractivity contribution in [3.05, 3.63) is 105 Å². The molecule has 0 spiro atoms. The van der Waals surface area contributed by atoms with Gasteiger partial charge in [0.25, 0.3) is 15.9 Å². The van der Waals surface area contributed by atoms with Gasteiger partial charge in [0.1, 0.15) is 11.8 Å². The van der Waals surface area contributed by atoms with Crippen molar-refractivity contribution in [2.75, 3.05) is 4.72 Å². The Hall–Kier alpha value is -3.95. The van der Waals surface area contributed by atoms with Crippen LogP contribution in [0.3, 0.4) is 0 Å². The molecule has 0 unspecified atom stereocenters. The molecule has 4 aromatic rings. The summed E-state index contributed by atoms with van der Waals surface area (Å²) < 4.78 is 32.6. The first-order chi connectivity index (χ1) is 15.8. The highest BCUT2D eigenvalue weighted by molar-refractivity contribution is 7.92. The van der Waals surface area contributed by atoms with Gasteiger partial charge >= 0.3 is 0 Å². The predicted molar refractivity (Wildman–Crippen MR) is 126 cm³/mol. The Balaban J connectivity index is 1.43. The Kier molecular flexibility index (Phi) is 6.25. The largest absolute Gasteiger partial charge is 0.463 e. The monoisotopic (exact) mass is 481 g/mol. The Morgan fingerprint density at radius 2 is 1.73 bits per heavy atom. The summed E-state index contributed by atoms with van der Waals surface area (Å²) in [5, 5.41) is 4.49. The summed E-state index contributed by atoms with van der Waals surface area (Å²) in [6, 6.07) is 18.4. The quantitative estimate of drug-likeness (QED) is 0.318. The van der Waals surface area contributed by atoms with Gasteiger partial charge in [-0.25, -0.2) is 13.8 Å². The molecule has 0 aliphatic rings. The van der Waals surface area contributed by atoms with Crippen LogP contribution in [-0.4, -0.2) is 20.5 Å². The molecule has 8 nitrogen and oxygen atoms in total. The van der Waals surface area contributed by atoms with Gasteiger partial charge in [-0.05, 0) is 54.6 Å². The maximum absolute atomic E-state index is 12.5. The first kappa shape index (κ1) is 22.3. The van der Waals surface area contributed by atoms with Gasteiger partial charge in [-0.2, -0.15) is 5.10 Å². The van der Waals surface area contributed by atoms with Crippen LogP contribution in [0, 0.1) is 0 Å². The molecule has 10 heteroatoms. The second-order valence-corrected chi connectivity index (χ2v) is 8.97. The lowest BCUT2D eigenvalue weighted by Gasteiger charge is -2.08. The number of halogens is 1. The van der Waals surface area contributed by atoms with E-state index in [2.05, 4.69) is 15.2 Å². The number of sulfonamides is 1. The number of fused-ring (bicyclic) bond motifs is 1. The lowest BCUT2D eigenvalue weighted by Crippen LogP contribution is -2.19. The average Bonchev–Trinajstić information content (AvgIpc) is 2.81. The molecule has 0 fully saturated rings. The summed E-state index contributed by atoms with van der Waals surface area (Å²) in [6.45, 7) is 0. The van der Waals surface area contributed by atoms with E-state index in [1.54, 1.807) is 30.3 Å². The van der Waals surface area contributed by atoms with Crippen molar-refractivity contribution in [1.82, 2.24) is 5.43 Å². The lowest BCUT2D eigenvalue weighted by atomic mass is 10.2. The molecular weight excluding hydrogens is 466 g/mol. The molecule has 0 atom stereocenters. The van der Waals surface area contributed by atoms with E-state index in [1.165, 1.54) is 54.9 Å². The Morgan fingerprint density at radius 1 is 1.00 bits per heavy atom. The molecule has 0 radical (unpaired) electrons. The molecule has 0 aliphatic carbocycles.